The van der Waals surface area contributed by atoms with Crippen LogP contribution < -0.4 is 10.9 Å². The number of likely N-dealkylation sites (tertiary alicyclic amines) is 1. The van der Waals surface area contributed by atoms with Crippen LogP contribution in [0.4, 0.5) is 5.69 Å². The average Bonchev–Trinajstić information content (AvgIpc) is 3.09. The number of piperidine rings is 1. The van der Waals surface area contributed by atoms with Gasteiger partial charge in [0.05, 0.1) is 35.3 Å². The van der Waals surface area contributed by atoms with Crippen molar-refractivity contribution in [1.29, 1.82) is 0 Å². The smallest absolute Gasteiger partial charge is 0.261 e. The number of carbonyl (C=O) groups excluding carboxylic acids is 2. The molecule has 0 saturated carbocycles. The van der Waals surface area contributed by atoms with Crippen molar-refractivity contribution in [2.45, 2.75) is 43.7 Å². The predicted octanol–water partition coefficient (Wildman–Crippen LogP) is 3.35. The Morgan fingerprint density at radius 1 is 0.915 bits per heavy atom. The summed E-state index contributed by atoms with van der Waals surface area (Å²) >= 11 is 0. The molecule has 0 radical (unpaired) electrons. The van der Waals surface area contributed by atoms with Gasteiger partial charge in [-0.3, -0.25) is 19.0 Å². The summed E-state index contributed by atoms with van der Waals surface area (Å²) in [5.41, 5.74) is 1.77. The largest absolute Gasteiger partial charge is 0.388 e. The van der Waals surface area contributed by atoms with Gasteiger partial charge in [-0.25, -0.2) is 4.98 Å². The van der Waals surface area contributed by atoms with Crippen molar-refractivity contribution >= 4 is 28.4 Å². The molecule has 4 aromatic rings. The Balaban J connectivity index is 1.06. The van der Waals surface area contributed by atoms with Gasteiger partial charge >= 0.3 is 0 Å². The summed E-state index contributed by atoms with van der Waals surface area (Å²) in [5.74, 6) is -0.337. The second kappa shape index (κ2) is 14.6. The van der Waals surface area contributed by atoms with Gasteiger partial charge in [-0.15, -0.1) is 0 Å². The Morgan fingerprint density at radius 2 is 1.60 bits per heavy atom. The molecule has 246 valence electrons. The molecule has 2 N–H and O–H groups in total. The summed E-state index contributed by atoms with van der Waals surface area (Å²) in [4.78, 5) is 50.8. The maximum atomic E-state index is 13.8. The molecule has 47 heavy (non-hydrogen) atoms. The van der Waals surface area contributed by atoms with Gasteiger partial charge < -0.3 is 25.1 Å². The number of carbonyl (C=O) groups is 2. The maximum absolute atomic E-state index is 13.8. The first-order chi connectivity index (χ1) is 22.8. The molecule has 2 aliphatic heterocycles. The molecule has 1 aromatic heterocycles. The summed E-state index contributed by atoms with van der Waals surface area (Å²) in [6, 6.07) is 25.0. The number of hydrogen-bond donors (Lipinski definition) is 2. The normalized spacial score (nSPS) is 17.8. The second-order valence-electron chi connectivity index (χ2n) is 13.1. The summed E-state index contributed by atoms with van der Waals surface area (Å²) < 4.78 is 1.45. The fourth-order valence-corrected chi connectivity index (χ4v) is 6.63. The second-order valence-corrected chi connectivity index (χ2v) is 13.1. The average molecular weight is 637 g/mol. The van der Waals surface area contributed by atoms with Gasteiger partial charge in [-0.05, 0) is 55.6 Å². The minimum atomic E-state index is -1.14. The highest BCUT2D eigenvalue weighted by Gasteiger charge is 2.37. The van der Waals surface area contributed by atoms with Gasteiger partial charge in [0.1, 0.15) is 0 Å². The van der Waals surface area contributed by atoms with Crippen molar-refractivity contribution in [1.82, 2.24) is 24.3 Å². The molecule has 10 heteroatoms. The quantitative estimate of drug-likeness (QED) is 0.275. The lowest BCUT2D eigenvalue weighted by Crippen LogP contribution is -2.50. The van der Waals surface area contributed by atoms with E-state index in [1.165, 1.54) is 10.9 Å². The summed E-state index contributed by atoms with van der Waals surface area (Å²) in [5, 5.41) is 14.9. The van der Waals surface area contributed by atoms with Crippen LogP contribution in [0.2, 0.25) is 0 Å². The van der Waals surface area contributed by atoms with Gasteiger partial charge in [0.15, 0.2) is 0 Å². The van der Waals surface area contributed by atoms with Gasteiger partial charge in [-0.1, -0.05) is 60.7 Å². The lowest BCUT2D eigenvalue weighted by molar-refractivity contribution is -0.137. The molecular weight excluding hydrogens is 592 g/mol. The Bertz CT molecular complexity index is 1730. The highest BCUT2D eigenvalue weighted by molar-refractivity contribution is 5.93. The third kappa shape index (κ3) is 8.13. The molecule has 1 atom stereocenters. The molecule has 6 rings (SSSR count). The topological polar surface area (TPSA) is 111 Å². The maximum Gasteiger partial charge on any atom is 0.261 e. The number of nitrogens with zero attached hydrogens (tertiary/aromatic N) is 5. The van der Waals surface area contributed by atoms with Crippen molar-refractivity contribution in [3.8, 4) is 0 Å². The number of anilines is 1. The zero-order valence-electron chi connectivity index (χ0n) is 27.1. The zero-order chi connectivity index (χ0) is 32.8. The monoisotopic (exact) mass is 636 g/mol. The molecule has 0 spiro atoms. The summed E-state index contributed by atoms with van der Waals surface area (Å²) in [6.07, 6.45) is 3.18. The lowest BCUT2D eigenvalue weighted by Gasteiger charge is -2.39. The lowest BCUT2D eigenvalue weighted by atomic mass is 9.87. The van der Waals surface area contributed by atoms with Crippen molar-refractivity contribution in [3.05, 3.63) is 107 Å². The van der Waals surface area contributed by atoms with Crippen molar-refractivity contribution in [3.63, 3.8) is 0 Å². The van der Waals surface area contributed by atoms with E-state index in [4.69, 9.17) is 0 Å². The van der Waals surface area contributed by atoms with Crippen LogP contribution >= 0.6 is 0 Å². The van der Waals surface area contributed by atoms with Gasteiger partial charge in [0.25, 0.3) is 5.56 Å². The first kappa shape index (κ1) is 32.6. The zero-order valence-corrected chi connectivity index (χ0v) is 27.1. The highest BCUT2D eigenvalue weighted by Crippen LogP contribution is 2.29. The highest BCUT2D eigenvalue weighted by atomic mass is 16.3. The van der Waals surface area contributed by atoms with Crippen LogP contribution in [0.3, 0.4) is 0 Å². The molecule has 2 fully saturated rings. The van der Waals surface area contributed by atoms with Crippen LogP contribution in [-0.4, -0.2) is 99.6 Å². The molecule has 2 saturated heterocycles. The molecular formula is C37H44N6O4. The van der Waals surface area contributed by atoms with Crippen LogP contribution in [0, 0.1) is 0 Å². The molecule has 1 unspecified atom stereocenters. The molecule has 0 aliphatic carbocycles. The SMILES string of the molecule is CN1CCN(CCC(=O)Nc2ccc3c(=O)n(CC4(O)CCN(C(=O)C(Cc5ccccc5)c5ccccc5)CC4)cnc3c2)CC1. The van der Waals surface area contributed by atoms with Gasteiger partial charge in [0, 0.05) is 57.9 Å². The number of amides is 2. The Labute approximate surface area is 275 Å². The van der Waals surface area contributed by atoms with E-state index in [2.05, 4.69) is 27.1 Å². The summed E-state index contributed by atoms with van der Waals surface area (Å²) in [7, 11) is 2.11. The summed E-state index contributed by atoms with van der Waals surface area (Å²) in [6.45, 7) is 5.56. The Hall–Kier alpha value is -4.38. The standard InChI is InChI=1S/C37H44N6O4/c1-40-20-22-41(23-21-40)17-14-34(44)39-30-12-13-31-33(25-30)38-27-43(35(31)45)26-37(47)15-18-42(19-16-37)36(46)32(29-10-6-3-7-11-29)24-28-8-4-2-5-9-28/h2-13,25,27,32,47H,14-24,26H2,1H3,(H,39,44). The Kier molecular flexibility index (Phi) is 10.1. The minimum Gasteiger partial charge on any atom is -0.388 e. The van der Waals surface area contributed by atoms with Crippen LogP contribution in [0.15, 0.2) is 90.0 Å². The van der Waals surface area contributed by atoms with E-state index in [0.29, 0.717) is 61.9 Å². The van der Waals surface area contributed by atoms with E-state index in [9.17, 15) is 19.5 Å². The predicted molar refractivity (Wildman–Crippen MR) is 183 cm³/mol. The van der Waals surface area contributed by atoms with Gasteiger partial charge in [-0.2, -0.15) is 0 Å². The first-order valence-electron chi connectivity index (χ1n) is 16.6. The van der Waals surface area contributed by atoms with E-state index in [-0.39, 0.29) is 29.8 Å². The van der Waals surface area contributed by atoms with Crippen LogP contribution in [0.5, 0.6) is 0 Å². The van der Waals surface area contributed by atoms with Crippen molar-refractivity contribution in [2.75, 3.05) is 58.2 Å². The van der Waals surface area contributed by atoms with E-state index in [1.54, 1.807) is 18.2 Å². The van der Waals surface area contributed by atoms with E-state index >= 15 is 0 Å². The fourth-order valence-electron chi connectivity index (χ4n) is 6.63. The first-order valence-corrected chi connectivity index (χ1v) is 16.6. The van der Waals surface area contributed by atoms with Crippen molar-refractivity contribution < 1.29 is 14.7 Å². The third-order valence-electron chi connectivity index (χ3n) is 9.61. The number of aromatic nitrogens is 2. The van der Waals surface area contributed by atoms with Gasteiger partial charge in [0.2, 0.25) is 11.8 Å². The number of fused-ring (bicyclic) bond motifs is 1. The number of nitrogens with one attached hydrogen (secondary N) is 1. The van der Waals surface area contributed by atoms with Crippen LogP contribution in [0.25, 0.3) is 10.9 Å². The van der Waals surface area contributed by atoms with E-state index in [0.717, 1.165) is 37.3 Å². The third-order valence-corrected chi connectivity index (χ3v) is 9.61. The number of hydrogen-bond acceptors (Lipinski definition) is 7. The molecule has 2 aliphatic rings. The fraction of sp³-hybridized carbons (Fsp3) is 0.405. The number of likely N-dealkylation sites (N-methyl/N-ethyl adjacent to an activating group) is 1. The molecule has 3 aromatic carbocycles. The molecule has 0 bridgehead atoms. The number of piperazine rings is 1. The number of rotatable bonds is 10. The van der Waals surface area contributed by atoms with Crippen LogP contribution in [-0.2, 0) is 22.6 Å². The molecule has 10 nitrogen and oxygen atoms in total. The van der Waals surface area contributed by atoms with Crippen molar-refractivity contribution in [2.24, 2.45) is 0 Å². The molecule has 2 amide bonds. The van der Waals surface area contributed by atoms with E-state index < -0.39 is 5.60 Å². The molecule has 3 heterocycles. The number of benzene rings is 3. The number of aliphatic hydroxyl groups is 1. The van der Waals surface area contributed by atoms with E-state index in [1.807, 2.05) is 65.6 Å². The van der Waals surface area contributed by atoms with Crippen LogP contribution in [0.1, 0.15) is 36.3 Å². The minimum absolute atomic E-state index is 0.0499. The Morgan fingerprint density at radius 3 is 2.30 bits per heavy atom.